The first-order valence-corrected chi connectivity index (χ1v) is 12.5. The van der Waals surface area contributed by atoms with Gasteiger partial charge in [-0.1, -0.05) is 55.8 Å². The number of aliphatic hydroxyl groups is 1. The Morgan fingerprint density at radius 2 is 1.58 bits per heavy atom. The summed E-state index contributed by atoms with van der Waals surface area (Å²) in [6.07, 6.45) is 3.63. The highest BCUT2D eigenvalue weighted by atomic mass is 19.1. The fourth-order valence-corrected chi connectivity index (χ4v) is 6.27. The Kier molecular flexibility index (Phi) is 5.04. The Bertz CT molecular complexity index is 1730. The second-order valence-corrected chi connectivity index (χ2v) is 9.77. The minimum absolute atomic E-state index is 0.0502. The first-order valence-electron chi connectivity index (χ1n) is 12.5. The molecule has 1 aliphatic heterocycles. The van der Waals surface area contributed by atoms with Crippen LogP contribution in [0.3, 0.4) is 0 Å². The number of ether oxygens (including phenoxy) is 1. The zero-order chi connectivity index (χ0) is 25.2. The highest BCUT2D eigenvalue weighted by molar-refractivity contribution is 6.12. The van der Waals surface area contributed by atoms with Crippen molar-refractivity contribution in [1.29, 1.82) is 0 Å². The monoisotopic (exact) mass is 478 g/mol. The van der Waals surface area contributed by atoms with Crippen molar-refractivity contribution >= 4 is 37.9 Å². The number of rotatable bonds is 3. The van der Waals surface area contributed by atoms with Gasteiger partial charge in [0.1, 0.15) is 11.4 Å². The van der Waals surface area contributed by atoms with E-state index in [1.165, 1.54) is 18.7 Å². The molecule has 0 amide bonds. The second kappa shape index (κ2) is 8.06. The number of pyridine rings is 1. The third kappa shape index (κ3) is 2.94. The van der Waals surface area contributed by atoms with Crippen LogP contribution in [-0.4, -0.2) is 12.2 Å². The van der Waals surface area contributed by atoms with Gasteiger partial charge in [0.2, 0.25) is 11.2 Å². The normalized spacial score (nSPS) is 15.7. The molecule has 1 aromatic heterocycles. The third-order valence-corrected chi connectivity index (χ3v) is 8.10. The number of aryl methyl sites for hydroxylation is 1. The molecule has 1 N–H and O–H groups in total. The van der Waals surface area contributed by atoms with Crippen molar-refractivity contribution < 1.29 is 18.8 Å². The predicted octanol–water partition coefficient (Wildman–Crippen LogP) is 7.95. The van der Waals surface area contributed by atoms with Gasteiger partial charge in [-0.2, -0.15) is 4.57 Å². The molecule has 0 unspecified atom stereocenters. The minimum atomic E-state index is -0.509. The molecule has 180 valence electrons. The maximum atomic E-state index is 14.7. The van der Waals surface area contributed by atoms with Crippen molar-refractivity contribution in [1.82, 2.24) is 0 Å². The molecule has 4 heteroatoms. The first kappa shape index (κ1) is 22.5. The Morgan fingerprint density at radius 3 is 2.33 bits per heavy atom. The average molecular weight is 479 g/mol. The number of halogens is 1. The van der Waals surface area contributed by atoms with E-state index in [1.807, 2.05) is 18.2 Å². The van der Waals surface area contributed by atoms with Gasteiger partial charge in [-0.25, -0.2) is 4.39 Å². The van der Waals surface area contributed by atoms with Crippen molar-refractivity contribution in [2.24, 2.45) is 0 Å². The lowest BCUT2D eigenvalue weighted by Gasteiger charge is -2.35. The van der Waals surface area contributed by atoms with Gasteiger partial charge >= 0.3 is 0 Å². The van der Waals surface area contributed by atoms with Crippen LogP contribution >= 0.6 is 0 Å². The summed E-state index contributed by atoms with van der Waals surface area (Å²) in [6.45, 7) is 6.40. The number of allylic oxidation sites excluding steroid dienone is 1. The number of aliphatic hydroxyl groups excluding tert-OH is 1. The van der Waals surface area contributed by atoms with E-state index in [-0.39, 0.29) is 11.8 Å². The van der Waals surface area contributed by atoms with Crippen molar-refractivity contribution in [3.8, 4) is 11.3 Å². The van der Waals surface area contributed by atoms with Crippen molar-refractivity contribution in [2.75, 3.05) is 7.11 Å². The van der Waals surface area contributed by atoms with Gasteiger partial charge in [-0.05, 0) is 47.3 Å². The standard InChI is InChI=1S/C32H28FNO2/c1-5-32(6-2)29(31(35)36-4)26-18-21-16-19(3)10-11-20(21)17-27(26)30-25-13-12-24-22(8-7-9-28(24)33)23(25)14-15-34(30)32/h7-18H,5-6H2,1-4H3/p+1. The summed E-state index contributed by atoms with van der Waals surface area (Å²) in [6, 6.07) is 22.1. The Hall–Kier alpha value is -3.92. The smallest absolute Gasteiger partial charge is 0.287 e. The van der Waals surface area contributed by atoms with Crippen LogP contribution in [0.5, 0.6) is 0 Å². The summed E-state index contributed by atoms with van der Waals surface area (Å²) in [7, 11) is 1.52. The van der Waals surface area contributed by atoms with E-state index in [9.17, 15) is 9.50 Å². The van der Waals surface area contributed by atoms with Crippen LogP contribution in [0.2, 0.25) is 0 Å². The Labute approximate surface area is 210 Å². The lowest BCUT2D eigenvalue weighted by molar-refractivity contribution is -0.740. The molecule has 0 saturated heterocycles. The molecule has 0 fully saturated rings. The predicted molar refractivity (Wildman–Crippen MR) is 144 cm³/mol. The average Bonchev–Trinajstić information content (AvgIpc) is 2.90. The van der Waals surface area contributed by atoms with Crippen LogP contribution in [0.25, 0.3) is 49.1 Å². The summed E-state index contributed by atoms with van der Waals surface area (Å²) in [5, 5.41) is 17.0. The van der Waals surface area contributed by atoms with Crippen LogP contribution in [0, 0.1) is 12.7 Å². The molecule has 3 nitrogen and oxygen atoms in total. The second-order valence-electron chi connectivity index (χ2n) is 9.77. The van der Waals surface area contributed by atoms with Crippen LogP contribution in [0.1, 0.15) is 37.8 Å². The maximum absolute atomic E-state index is 14.7. The fraction of sp³-hybridized carbons (Fsp3) is 0.219. The topological polar surface area (TPSA) is 33.3 Å². The molecule has 6 rings (SSSR count). The van der Waals surface area contributed by atoms with E-state index < -0.39 is 5.54 Å². The molecule has 0 saturated carbocycles. The van der Waals surface area contributed by atoms with Gasteiger partial charge < -0.3 is 9.84 Å². The highest BCUT2D eigenvalue weighted by Crippen LogP contribution is 2.49. The number of benzene rings is 4. The Balaban J connectivity index is 1.84. The number of aromatic nitrogens is 1. The summed E-state index contributed by atoms with van der Waals surface area (Å²) in [4.78, 5) is 0. The molecule has 4 aromatic carbocycles. The molecule has 36 heavy (non-hydrogen) atoms. The lowest BCUT2D eigenvalue weighted by Crippen LogP contribution is -2.59. The number of hydrogen-bond acceptors (Lipinski definition) is 2. The van der Waals surface area contributed by atoms with Crippen molar-refractivity contribution in [3.05, 3.63) is 95.8 Å². The lowest BCUT2D eigenvalue weighted by atomic mass is 9.74. The molecule has 0 atom stereocenters. The van der Waals surface area contributed by atoms with E-state index in [4.69, 9.17) is 4.74 Å². The van der Waals surface area contributed by atoms with Crippen LogP contribution < -0.4 is 4.57 Å². The molecule has 5 aromatic rings. The van der Waals surface area contributed by atoms with E-state index in [0.717, 1.165) is 62.2 Å². The summed E-state index contributed by atoms with van der Waals surface area (Å²) < 4.78 is 22.5. The molecule has 2 heterocycles. The van der Waals surface area contributed by atoms with Crippen molar-refractivity contribution in [3.63, 3.8) is 0 Å². The van der Waals surface area contributed by atoms with Gasteiger partial charge in [0.25, 0.3) is 5.95 Å². The molecule has 0 spiro atoms. The van der Waals surface area contributed by atoms with E-state index in [0.29, 0.717) is 5.39 Å². The van der Waals surface area contributed by atoms with E-state index in [2.05, 4.69) is 67.9 Å². The highest BCUT2D eigenvalue weighted by Gasteiger charge is 2.51. The number of hydrogen-bond donors (Lipinski definition) is 1. The summed E-state index contributed by atoms with van der Waals surface area (Å²) in [5.41, 5.74) is 4.56. The zero-order valence-corrected chi connectivity index (χ0v) is 21.0. The zero-order valence-electron chi connectivity index (χ0n) is 21.0. The summed E-state index contributed by atoms with van der Waals surface area (Å²) >= 11 is 0. The van der Waals surface area contributed by atoms with E-state index >= 15 is 0 Å². The molecule has 0 aliphatic carbocycles. The van der Waals surface area contributed by atoms with E-state index in [1.54, 1.807) is 6.07 Å². The fourth-order valence-electron chi connectivity index (χ4n) is 6.27. The van der Waals surface area contributed by atoms with Crippen molar-refractivity contribution in [2.45, 2.75) is 39.2 Å². The third-order valence-electron chi connectivity index (χ3n) is 8.10. The molecule has 1 aliphatic rings. The largest absolute Gasteiger partial charge is 0.481 e. The molecule has 0 bridgehead atoms. The quantitative estimate of drug-likeness (QED) is 0.162. The van der Waals surface area contributed by atoms with Crippen LogP contribution in [-0.2, 0) is 10.3 Å². The van der Waals surface area contributed by atoms with Crippen LogP contribution in [0.4, 0.5) is 4.39 Å². The van der Waals surface area contributed by atoms with Gasteiger partial charge in [0.15, 0.2) is 6.20 Å². The first-order chi connectivity index (χ1) is 17.4. The van der Waals surface area contributed by atoms with Gasteiger partial charge in [0.05, 0.1) is 18.1 Å². The molecular weight excluding hydrogens is 449 g/mol. The number of methoxy groups -OCH3 is 1. The van der Waals surface area contributed by atoms with Gasteiger partial charge in [-0.15, -0.1) is 0 Å². The SMILES string of the molecule is CCC1(CC)/C(=C(\O)OC)c2cc3cc(C)ccc3cc2-c2c3ccc4c(F)cccc4c3cc[n+]21. The van der Waals surface area contributed by atoms with Gasteiger partial charge in [-0.3, -0.25) is 0 Å². The molecular formula is C32H29FNO2+. The van der Waals surface area contributed by atoms with Gasteiger partial charge in [0, 0.05) is 35.2 Å². The van der Waals surface area contributed by atoms with Crippen LogP contribution in [0.15, 0.2) is 78.9 Å². The Morgan fingerprint density at radius 1 is 0.861 bits per heavy atom. The maximum Gasteiger partial charge on any atom is 0.287 e. The summed E-state index contributed by atoms with van der Waals surface area (Å²) in [5.74, 6) is -0.265. The number of nitrogens with zero attached hydrogens (tertiary/aromatic N) is 1. The minimum Gasteiger partial charge on any atom is -0.481 e. The number of fused-ring (bicyclic) bond motifs is 8. The molecule has 0 radical (unpaired) electrons.